The quantitative estimate of drug-likeness (QED) is 0.450. The Morgan fingerprint density at radius 2 is 2.17 bits per heavy atom. The van der Waals surface area contributed by atoms with Gasteiger partial charge in [-0.2, -0.15) is 0 Å². The number of carbonyl (C=O) groups is 3. The molecule has 0 atom stereocenters. The van der Waals surface area contributed by atoms with E-state index in [4.69, 9.17) is 21.1 Å². The molecule has 0 saturated carbocycles. The Morgan fingerprint density at radius 3 is 2.79 bits per heavy atom. The molecule has 8 heteroatoms. The molecule has 1 aliphatic rings. The molecule has 1 fully saturated rings. The normalized spacial score (nSPS) is 15.5. The summed E-state index contributed by atoms with van der Waals surface area (Å²) in [6, 6.07) is 5.06. The Balaban J connectivity index is 1.90. The monoisotopic (exact) mass is 369 g/mol. The number of halogens is 1. The van der Waals surface area contributed by atoms with Gasteiger partial charge in [0.2, 0.25) is 0 Å². The van der Waals surface area contributed by atoms with Crippen molar-refractivity contribution in [3.63, 3.8) is 0 Å². The maximum atomic E-state index is 11.5. The summed E-state index contributed by atoms with van der Waals surface area (Å²) in [6.07, 6.45) is 2.40. The molecule has 6 nitrogen and oxygen atoms in total. The van der Waals surface area contributed by atoms with E-state index in [0.717, 1.165) is 11.8 Å². The number of hydrogen-bond donors (Lipinski definition) is 1. The molecule has 0 aliphatic carbocycles. The van der Waals surface area contributed by atoms with E-state index in [1.165, 1.54) is 0 Å². The molecule has 0 radical (unpaired) electrons. The van der Waals surface area contributed by atoms with Crippen molar-refractivity contribution in [2.45, 2.75) is 19.8 Å². The Morgan fingerprint density at radius 1 is 1.38 bits per heavy atom. The second kappa shape index (κ2) is 8.75. The lowest BCUT2D eigenvalue weighted by molar-refractivity contribution is -0.143. The molecule has 128 valence electrons. The molecule has 1 heterocycles. The summed E-state index contributed by atoms with van der Waals surface area (Å²) in [5.74, 6) is -0.182. The third-order valence-corrected chi connectivity index (χ3v) is 4.09. The minimum atomic E-state index is -0.416. The first-order valence-corrected chi connectivity index (χ1v) is 8.52. The minimum absolute atomic E-state index is 0.254. The van der Waals surface area contributed by atoms with Gasteiger partial charge in [0.15, 0.2) is 0 Å². The van der Waals surface area contributed by atoms with Crippen LogP contribution in [-0.4, -0.2) is 30.3 Å². The topological polar surface area (TPSA) is 81.7 Å². The van der Waals surface area contributed by atoms with Crippen LogP contribution in [0.3, 0.4) is 0 Å². The average Bonchev–Trinajstić information content (AvgIpc) is 2.83. The molecule has 2 rings (SSSR count). The number of hydrogen-bond acceptors (Lipinski definition) is 6. The summed E-state index contributed by atoms with van der Waals surface area (Å²) in [5, 5.41) is 2.18. The van der Waals surface area contributed by atoms with Crippen LogP contribution in [0.4, 0.5) is 4.79 Å². The average molecular weight is 370 g/mol. The zero-order chi connectivity index (χ0) is 17.5. The van der Waals surface area contributed by atoms with E-state index in [1.807, 2.05) is 0 Å². The standard InChI is InChI=1S/C16H16ClNO5S/c1-2-22-14(19)4-3-7-23-12-6-5-10(8-11(12)17)9-13-15(20)18-16(21)24-13/h5-6,8-9H,2-4,7H2,1H3,(H,18,20,21)/b13-9-. The number of thioether (sulfide) groups is 1. The van der Waals surface area contributed by atoms with Crippen LogP contribution in [0.5, 0.6) is 5.75 Å². The fourth-order valence-electron chi connectivity index (χ4n) is 1.93. The molecule has 1 aliphatic heterocycles. The van der Waals surface area contributed by atoms with Gasteiger partial charge < -0.3 is 9.47 Å². The van der Waals surface area contributed by atoms with Crippen LogP contribution in [0.1, 0.15) is 25.3 Å². The van der Waals surface area contributed by atoms with Gasteiger partial charge in [-0.05, 0) is 48.9 Å². The maximum Gasteiger partial charge on any atom is 0.305 e. The lowest BCUT2D eigenvalue weighted by Gasteiger charge is -2.08. The molecular weight excluding hydrogens is 354 g/mol. The summed E-state index contributed by atoms with van der Waals surface area (Å²) >= 11 is 7.00. The van der Waals surface area contributed by atoms with Gasteiger partial charge in [-0.15, -0.1) is 0 Å². The number of esters is 1. The molecule has 0 aromatic heterocycles. The van der Waals surface area contributed by atoms with Gasteiger partial charge in [0.05, 0.1) is 23.1 Å². The van der Waals surface area contributed by atoms with Gasteiger partial charge in [-0.25, -0.2) is 0 Å². The van der Waals surface area contributed by atoms with Gasteiger partial charge in [-0.3, -0.25) is 19.7 Å². The Kier molecular flexibility index (Phi) is 6.69. The summed E-state index contributed by atoms with van der Waals surface area (Å²) in [5.41, 5.74) is 0.686. The smallest absolute Gasteiger partial charge is 0.305 e. The SMILES string of the molecule is CCOC(=O)CCCOc1ccc(/C=C2\SC(=O)NC2=O)cc1Cl. The number of ether oxygens (including phenoxy) is 2. The van der Waals surface area contributed by atoms with Crippen molar-refractivity contribution in [2.24, 2.45) is 0 Å². The molecule has 1 aromatic carbocycles. The van der Waals surface area contributed by atoms with Gasteiger partial charge >= 0.3 is 5.97 Å². The van der Waals surface area contributed by atoms with Gasteiger partial charge in [-0.1, -0.05) is 17.7 Å². The first-order valence-electron chi connectivity index (χ1n) is 7.32. The first-order chi connectivity index (χ1) is 11.5. The highest BCUT2D eigenvalue weighted by atomic mass is 35.5. The molecule has 1 N–H and O–H groups in total. The van der Waals surface area contributed by atoms with Gasteiger partial charge in [0.1, 0.15) is 5.75 Å². The van der Waals surface area contributed by atoms with Crippen molar-refractivity contribution in [1.29, 1.82) is 0 Å². The fourth-order valence-corrected chi connectivity index (χ4v) is 2.85. The Labute approximate surface area is 148 Å². The van der Waals surface area contributed by atoms with E-state index >= 15 is 0 Å². The molecule has 0 spiro atoms. The summed E-state index contributed by atoms with van der Waals surface area (Å²) in [6.45, 7) is 2.46. The molecule has 0 unspecified atom stereocenters. The van der Waals surface area contributed by atoms with E-state index in [-0.39, 0.29) is 17.6 Å². The van der Waals surface area contributed by atoms with Crippen molar-refractivity contribution < 1.29 is 23.9 Å². The highest BCUT2D eigenvalue weighted by Gasteiger charge is 2.24. The van der Waals surface area contributed by atoms with E-state index < -0.39 is 5.91 Å². The number of nitrogens with one attached hydrogen (secondary N) is 1. The molecule has 0 bridgehead atoms. The van der Waals surface area contributed by atoms with Crippen molar-refractivity contribution in [3.8, 4) is 5.75 Å². The second-order valence-corrected chi connectivity index (χ2v) is 6.22. The number of amides is 2. The Bertz CT molecular complexity index is 689. The third kappa shape index (κ3) is 5.28. The summed E-state index contributed by atoms with van der Waals surface area (Å²) in [4.78, 5) is 34.2. The molecule has 1 aromatic rings. The van der Waals surface area contributed by atoms with Gasteiger partial charge in [0.25, 0.3) is 11.1 Å². The number of carbonyl (C=O) groups excluding carboxylic acids is 3. The summed E-state index contributed by atoms with van der Waals surface area (Å²) < 4.78 is 10.4. The fraction of sp³-hybridized carbons (Fsp3) is 0.312. The van der Waals surface area contributed by atoms with E-state index in [0.29, 0.717) is 40.9 Å². The van der Waals surface area contributed by atoms with Crippen LogP contribution in [0.2, 0.25) is 5.02 Å². The molecule has 1 saturated heterocycles. The van der Waals surface area contributed by atoms with Crippen molar-refractivity contribution in [2.75, 3.05) is 13.2 Å². The second-order valence-electron chi connectivity index (χ2n) is 4.80. The minimum Gasteiger partial charge on any atom is -0.492 e. The predicted octanol–water partition coefficient (Wildman–Crippen LogP) is 3.39. The first kappa shape index (κ1) is 18.4. The zero-order valence-electron chi connectivity index (χ0n) is 13.0. The maximum absolute atomic E-state index is 11.5. The van der Waals surface area contributed by atoms with Gasteiger partial charge in [0, 0.05) is 6.42 Å². The molecule has 24 heavy (non-hydrogen) atoms. The van der Waals surface area contributed by atoms with Crippen LogP contribution >= 0.6 is 23.4 Å². The zero-order valence-corrected chi connectivity index (χ0v) is 14.5. The van der Waals surface area contributed by atoms with E-state index in [1.54, 1.807) is 31.2 Å². The largest absolute Gasteiger partial charge is 0.492 e. The van der Waals surface area contributed by atoms with Crippen molar-refractivity contribution >= 4 is 46.6 Å². The highest BCUT2D eigenvalue weighted by Crippen LogP contribution is 2.30. The van der Waals surface area contributed by atoms with E-state index in [9.17, 15) is 14.4 Å². The van der Waals surface area contributed by atoms with Crippen LogP contribution in [0.25, 0.3) is 6.08 Å². The predicted molar refractivity (Wildman–Crippen MR) is 91.9 cm³/mol. The number of imide groups is 1. The van der Waals surface area contributed by atoms with Crippen LogP contribution in [-0.2, 0) is 14.3 Å². The number of rotatable bonds is 7. The van der Waals surface area contributed by atoms with Crippen molar-refractivity contribution in [1.82, 2.24) is 5.32 Å². The van der Waals surface area contributed by atoms with Crippen LogP contribution in [0, 0.1) is 0 Å². The van der Waals surface area contributed by atoms with Crippen molar-refractivity contribution in [3.05, 3.63) is 33.7 Å². The third-order valence-electron chi connectivity index (χ3n) is 2.98. The van der Waals surface area contributed by atoms with E-state index in [2.05, 4.69) is 5.32 Å². The van der Waals surface area contributed by atoms with Crippen LogP contribution < -0.4 is 10.1 Å². The lowest BCUT2D eigenvalue weighted by atomic mass is 10.2. The lowest BCUT2D eigenvalue weighted by Crippen LogP contribution is -2.17. The number of benzene rings is 1. The molecular formula is C16H16ClNO5S. The highest BCUT2D eigenvalue weighted by molar-refractivity contribution is 8.18. The Hall–Kier alpha value is -1.99. The molecule has 2 amide bonds. The summed E-state index contributed by atoms with van der Waals surface area (Å²) in [7, 11) is 0. The van der Waals surface area contributed by atoms with Crippen LogP contribution in [0.15, 0.2) is 23.1 Å².